The molecule has 0 saturated heterocycles. The number of hydrogen-bond donors (Lipinski definition) is 2. The Hall–Kier alpha value is -1.64. The summed E-state index contributed by atoms with van der Waals surface area (Å²) in [6.07, 6.45) is 0. The molecular formula is C15H24ClN3O4S. The van der Waals surface area contributed by atoms with E-state index in [9.17, 15) is 18.0 Å². The molecule has 2 N–H and O–H groups in total. The Kier molecular flexibility index (Phi) is 9.57. The first-order valence-electron chi connectivity index (χ1n) is 7.30. The lowest BCUT2D eigenvalue weighted by Gasteiger charge is -2.11. The van der Waals surface area contributed by atoms with Crippen molar-refractivity contribution in [3.63, 3.8) is 0 Å². The number of sulfone groups is 1. The smallest absolute Gasteiger partial charge is 0.251 e. The van der Waals surface area contributed by atoms with E-state index in [1.807, 2.05) is 6.92 Å². The van der Waals surface area contributed by atoms with E-state index in [-0.39, 0.29) is 23.2 Å². The summed E-state index contributed by atoms with van der Waals surface area (Å²) in [4.78, 5) is 24.7. The van der Waals surface area contributed by atoms with E-state index >= 15 is 0 Å². The molecule has 1 aromatic rings. The summed E-state index contributed by atoms with van der Waals surface area (Å²) in [5.41, 5.74) is 0.374. The van der Waals surface area contributed by atoms with E-state index in [1.165, 1.54) is 43.3 Å². The van der Waals surface area contributed by atoms with E-state index in [1.54, 1.807) is 0 Å². The average Bonchev–Trinajstić information content (AvgIpc) is 2.51. The highest BCUT2D eigenvalue weighted by Crippen LogP contribution is 2.13. The lowest BCUT2D eigenvalue weighted by Crippen LogP contribution is -2.31. The minimum absolute atomic E-state index is 0. The Morgan fingerprint density at radius 1 is 1.08 bits per heavy atom. The lowest BCUT2D eigenvalue weighted by atomic mass is 10.2. The van der Waals surface area contributed by atoms with Crippen LogP contribution < -0.4 is 10.6 Å². The molecule has 0 bridgehead atoms. The van der Waals surface area contributed by atoms with E-state index < -0.39 is 21.5 Å². The number of rotatable bonds is 8. The topological polar surface area (TPSA) is 95.6 Å². The van der Waals surface area contributed by atoms with E-state index in [0.29, 0.717) is 18.7 Å². The second kappa shape index (κ2) is 10.3. The molecule has 0 radical (unpaired) electrons. The van der Waals surface area contributed by atoms with Crippen LogP contribution in [-0.4, -0.2) is 64.6 Å². The van der Waals surface area contributed by atoms with Crippen LogP contribution in [-0.2, 0) is 14.6 Å². The summed E-state index contributed by atoms with van der Waals surface area (Å²) in [6.45, 7) is 3.96. The van der Waals surface area contributed by atoms with Gasteiger partial charge in [-0.3, -0.25) is 9.59 Å². The number of amides is 2. The second-order valence-corrected chi connectivity index (χ2v) is 7.17. The van der Waals surface area contributed by atoms with Crippen LogP contribution in [0.5, 0.6) is 0 Å². The van der Waals surface area contributed by atoms with E-state index in [4.69, 9.17) is 0 Å². The molecule has 0 aliphatic carbocycles. The molecule has 136 valence electrons. The predicted molar refractivity (Wildman–Crippen MR) is 95.3 cm³/mol. The van der Waals surface area contributed by atoms with Gasteiger partial charge in [0.25, 0.3) is 5.91 Å². The zero-order valence-electron chi connectivity index (χ0n) is 14.0. The molecular weight excluding hydrogens is 354 g/mol. The molecule has 0 aliphatic rings. The van der Waals surface area contributed by atoms with Crippen LogP contribution in [0.1, 0.15) is 17.3 Å². The van der Waals surface area contributed by atoms with Gasteiger partial charge in [-0.1, -0.05) is 6.92 Å². The number of nitrogens with zero attached hydrogens (tertiary/aromatic N) is 1. The zero-order valence-corrected chi connectivity index (χ0v) is 15.7. The van der Waals surface area contributed by atoms with Crippen molar-refractivity contribution in [1.29, 1.82) is 0 Å². The highest BCUT2D eigenvalue weighted by molar-refractivity contribution is 7.92. The third kappa shape index (κ3) is 6.86. The lowest BCUT2D eigenvalue weighted by molar-refractivity contribution is -0.125. The molecule has 0 unspecified atom stereocenters. The van der Waals surface area contributed by atoms with Crippen LogP contribution in [0, 0.1) is 0 Å². The maximum absolute atomic E-state index is 12.1. The average molecular weight is 378 g/mol. The predicted octanol–water partition coefficient (Wildman–Crippen LogP) is 0.310. The first-order valence-corrected chi connectivity index (χ1v) is 8.95. The van der Waals surface area contributed by atoms with Crippen molar-refractivity contribution in [2.75, 3.05) is 39.5 Å². The summed E-state index contributed by atoms with van der Waals surface area (Å²) in [7, 11) is -0.707. The molecule has 1 aromatic carbocycles. The van der Waals surface area contributed by atoms with Crippen LogP contribution in [0.4, 0.5) is 0 Å². The molecule has 0 aliphatic heterocycles. The first kappa shape index (κ1) is 22.4. The fourth-order valence-electron chi connectivity index (χ4n) is 1.73. The van der Waals surface area contributed by atoms with Crippen molar-refractivity contribution in [3.8, 4) is 0 Å². The van der Waals surface area contributed by atoms with Gasteiger partial charge in [0, 0.05) is 32.7 Å². The molecule has 7 nitrogen and oxygen atoms in total. The van der Waals surface area contributed by atoms with E-state index in [2.05, 4.69) is 10.6 Å². The minimum atomic E-state index is -3.70. The Labute approximate surface area is 149 Å². The van der Waals surface area contributed by atoms with Crippen LogP contribution in [0.3, 0.4) is 0 Å². The molecule has 0 aromatic heterocycles. The summed E-state index contributed by atoms with van der Waals surface area (Å²) < 4.78 is 24.2. The zero-order chi connectivity index (χ0) is 17.5. The van der Waals surface area contributed by atoms with Gasteiger partial charge >= 0.3 is 0 Å². The number of benzene rings is 1. The normalized spacial score (nSPS) is 10.6. The van der Waals surface area contributed by atoms with Crippen molar-refractivity contribution in [1.82, 2.24) is 15.5 Å². The number of nitrogens with one attached hydrogen (secondary N) is 2. The van der Waals surface area contributed by atoms with Crippen LogP contribution in [0.25, 0.3) is 0 Å². The SMILES string of the molecule is CCNCCNC(=O)c1ccc(S(=O)(=O)CC(=O)N(C)C)cc1.Cl. The Balaban J connectivity index is 0.00000529. The summed E-state index contributed by atoms with van der Waals surface area (Å²) in [5.74, 6) is -1.35. The van der Waals surface area contributed by atoms with Crippen LogP contribution >= 0.6 is 12.4 Å². The molecule has 0 fully saturated rings. The van der Waals surface area contributed by atoms with Gasteiger partial charge in [-0.2, -0.15) is 0 Å². The van der Waals surface area contributed by atoms with Crippen molar-refractivity contribution in [3.05, 3.63) is 29.8 Å². The Morgan fingerprint density at radius 2 is 1.67 bits per heavy atom. The maximum Gasteiger partial charge on any atom is 0.251 e. The number of likely N-dealkylation sites (N-methyl/N-ethyl adjacent to an activating group) is 1. The standard InChI is InChI=1S/C15H23N3O4S.ClH/c1-4-16-9-10-17-15(20)12-5-7-13(8-6-12)23(21,22)11-14(19)18(2)3;/h5-8,16H,4,9-11H2,1-3H3,(H,17,20);1H. The number of halogens is 1. The van der Waals surface area contributed by atoms with Gasteiger partial charge in [0.2, 0.25) is 5.91 Å². The maximum atomic E-state index is 12.1. The quantitative estimate of drug-likeness (QED) is 0.636. The van der Waals surface area contributed by atoms with Crippen LogP contribution in [0.15, 0.2) is 29.2 Å². The summed E-state index contributed by atoms with van der Waals surface area (Å²) in [6, 6.07) is 5.57. The monoisotopic (exact) mass is 377 g/mol. The third-order valence-corrected chi connectivity index (χ3v) is 4.74. The van der Waals surface area contributed by atoms with Gasteiger partial charge in [0.15, 0.2) is 9.84 Å². The molecule has 0 heterocycles. The molecule has 0 saturated carbocycles. The van der Waals surface area contributed by atoms with Crippen molar-refractivity contribution in [2.45, 2.75) is 11.8 Å². The molecule has 2 amide bonds. The Morgan fingerprint density at radius 3 is 2.17 bits per heavy atom. The largest absolute Gasteiger partial charge is 0.351 e. The number of carbonyl (C=O) groups is 2. The molecule has 24 heavy (non-hydrogen) atoms. The fraction of sp³-hybridized carbons (Fsp3) is 0.467. The van der Waals surface area contributed by atoms with Gasteiger partial charge in [-0.25, -0.2) is 8.42 Å². The summed E-state index contributed by atoms with van der Waals surface area (Å²) >= 11 is 0. The second-order valence-electron chi connectivity index (χ2n) is 5.18. The molecule has 0 spiro atoms. The third-order valence-electron chi connectivity index (χ3n) is 3.13. The minimum Gasteiger partial charge on any atom is -0.351 e. The van der Waals surface area contributed by atoms with Gasteiger partial charge in [0.05, 0.1) is 4.90 Å². The van der Waals surface area contributed by atoms with Crippen molar-refractivity contribution < 1.29 is 18.0 Å². The highest BCUT2D eigenvalue weighted by atomic mass is 35.5. The van der Waals surface area contributed by atoms with Gasteiger partial charge in [-0.05, 0) is 30.8 Å². The van der Waals surface area contributed by atoms with Gasteiger partial charge in [0.1, 0.15) is 5.75 Å². The van der Waals surface area contributed by atoms with Crippen LogP contribution in [0.2, 0.25) is 0 Å². The first-order chi connectivity index (χ1) is 10.8. The number of hydrogen-bond acceptors (Lipinski definition) is 5. The molecule has 0 atom stereocenters. The highest BCUT2D eigenvalue weighted by Gasteiger charge is 2.20. The molecule has 1 rings (SSSR count). The van der Waals surface area contributed by atoms with Gasteiger partial charge in [-0.15, -0.1) is 12.4 Å². The van der Waals surface area contributed by atoms with Crippen molar-refractivity contribution in [2.24, 2.45) is 0 Å². The summed E-state index contributed by atoms with van der Waals surface area (Å²) in [5, 5.41) is 5.81. The van der Waals surface area contributed by atoms with Gasteiger partial charge < -0.3 is 15.5 Å². The Bertz CT molecular complexity index is 645. The van der Waals surface area contributed by atoms with E-state index in [0.717, 1.165) is 6.54 Å². The fourth-order valence-corrected chi connectivity index (χ4v) is 3.03. The molecule has 9 heteroatoms. The number of carbonyl (C=O) groups excluding carboxylic acids is 2. The van der Waals surface area contributed by atoms with Crippen molar-refractivity contribution >= 4 is 34.1 Å².